The van der Waals surface area contributed by atoms with Crippen molar-refractivity contribution in [3.63, 3.8) is 0 Å². The minimum Gasteiger partial charge on any atom is -0.483 e. The van der Waals surface area contributed by atoms with Gasteiger partial charge in [0.15, 0.2) is 6.61 Å². The Morgan fingerprint density at radius 1 is 1.19 bits per heavy atom. The highest BCUT2D eigenvalue weighted by atomic mass is 16.5. The molecule has 0 spiro atoms. The second-order valence-electron chi connectivity index (χ2n) is 5.32. The van der Waals surface area contributed by atoms with Crippen LogP contribution in [0.5, 0.6) is 5.75 Å². The Balaban J connectivity index is 2.63. The molecule has 0 radical (unpaired) electrons. The molecule has 0 saturated carbocycles. The molecule has 1 atom stereocenters. The predicted octanol–water partition coefficient (Wildman–Crippen LogP) is 2.00. The Morgan fingerprint density at radius 2 is 1.76 bits per heavy atom. The molecule has 0 unspecified atom stereocenters. The number of amides is 1. The van der Waals surface area contributed by atoms with Gasteiger partial charge in [-0.15, -0.1) is 0 Å². The van der Waals surface area contributed by atoms with Crippen molar-refractivity contribution in [2.45, 2.75) is 33.7 Å². The van der Waals surface area contributed by atoms with Gasteiger partial charge in [-0.25, -0.2) is 4.79 Å². The zero-order valence-electron chi connectivity index (χ0n) is 13.2. The number of nitrogens with one attached hydrogen (secondary N) is 1. The number of aryl methyl sites for hydroxylation is 2. The molecule has 0 fully saturated rings. The smallest absolute Gasteiger partial charge is 0.328 e. The number of rotatable bonds is 6. The lowest BCUT2D eigenvalue weighted by Crippen LogP contribution is -2.46. The standard InChI is InChI=1S/C16H23NO4/c1-10(2)14(16(19)20-5)17-13(18)9-21-15-11(3)7-6-8-12(15)4/h6-8,10,14H,9H2,1-5H3,(H,17,18)/t14-/m1/s1. The van der Waals surface area contributed by atoms with Gasteiger partial charge in [-0.2, -0.15) is 0 Å². The van der Waals surface area contributed by atoms with Gasteiger partial charge in [0.2, 0.25) is 0 Å². The number of methoxy groups -OCH3 is 1. The van der Waals surface area contributed by atoms with Gasteiger partial charge in [0.1, 0.15) is 11.8 Å². The Kier molecular flexibility index (Phi) is 6.21. The van der Waals surface area contributed by atoms with E-state index in [0.717, 1.165) is 11.1 Å². The maximum Gasteiger partial charge on any atom is 0.328 e. The van der Waals surface area contributed by atoms with Crippen molar-refractivity contribution in [1.82, 2.24) is 5.32 Å². The molecule has 21 heavy (non-hydrogen) atoms. The number of hydrogen-bond acceptors (Lipinski definition) is 4. The molecule has 0 heterocycles. The summed E-state index contributed by atoms with van der Waals surface area (Å²) in [5.74, 6) is -0.152. The minimum atomic E-state index is -0.663. The van der Waals surface area contributed by atoms with Gasteiger partial charge >= 0.3 is 5.97 Å². The number of carbonyl (C=O) groups excluding carboxylic acids is 2. The van der Waals surface area contributed by atoms with E-state index in [1.165, 1.54) is 7.11 Å². The lowest BCUT2D eigenvalue weighted by molar-refractivity contribution is -0.146. The summed E-state index contributed by atoms with van der Waals surface area (Å²) in [6, 6.07) is 5.12. The molecule has 5 heteroatoms. The molecule has 1 amide bonds. The number of carbonyl (C=O) groups is 2. The van der Waals surface area contributed by atoms with Gasteiger partial charge in [-0.05, 0) is 30.9 Å². The fourth-order valence-corrected chi connectivity index (χ4v) is 2.00. The van der Waals surface area contributed by atoms with E-state index in [-0.39, 0.29) is 18.4 Å². The minimum absolute atomic E-state index is 0.0541. The van der Waals surface area contributed by atoms with Gasteiger partial charge in [0.25, 0.3) is 5.91 Å². The van der Waals surface area contributed by atoms with Crippen LogP contribution in [0.3, 0.4) is 0 Å². The second-order valence-corrected chi connectivity index (χ2v) is 5.32. The van der Waals surface area contributed by atoms with Crippen LogP contribution in [0, 0.1) is 19.8 Å². The van der Waals surface area contributed by atoms with Crippen molar-refractivity contribution in [3.8, 4) is 5.75 Å². The van der Waals surface area contributed by atoms with Crippen LogP contribution in [-0.4, -0.2) is 31.6 Å². The lowest BCUT2D eigenvalue weighted by atomic mass is 10.0. The SMILES string of the molecule is COC(=O)[C@H](NC(=O)COc1c(C)cccc1C)C(C)C. The van der Waals surface area contributed by atoms with E-state index >= 15 is 0 Å². The molecule has 1 N–H and O–H groups in total. The molecular formula is C16H23NO4. The Labute approximate surface area is 125 Å². The average molecular weight is 293 g/mol. The average Bonchev–Trinajstić information content (AvgIpc) is 2.43. The number of ether oxygens (including phenoxy) is 2. The van der Waals surface area contributed by atoms with Crippen molar-refractivity contribution in [2.24, 2.45) is 5.92 Å². The predicted molar refractivity (Wildman–Crippen MR) is 80.2 cm³/mol. The van der Waals surface area contributed by atoms with Crippen LogP contribution in [0.25, 0.3) is 0 Å². The van der Waals surface area contributed by atoms with Crippen LogP contribution < -0.4 is 10.1 Å². The van der Waals surface area contributed by atoms with Crippen LogP contribution in [0.2, 0.25) is 0 Å². The third kappa shape index (κ3) is 4.77. The van der Waals surface area contributed by atoms with E-state index in [0.29, 0.717) is 5.75 Å². The molecule has 1 aromatic carbocycles. The van der Waals surface area contributed by atoms with E-state index in [1.54, 1.807) is 0 Å². The Bertz CT molecular complexity index is 491. The molecule has 0 aliphatic carbocycles. The maximum absolute atomic E-state index is 11.9. The lowest BCUT2D eigenvalue weighted by Gasteiger charge is -2.20. The summed E-state index contributed by atoms with van der Waals surface area (Å²) in [6.07, 6.45) is 0. The fraction of sp³-hybridized carbons (Fsp3) is 0.500. The first kappa shape index (κ1) is 17.0. The van der Waals surface area contributed by atoms with Gasteiger partial charge in [-0.1, -0.05) is 32.0 Å². The summed E-state index contributed by atoms with van der Waals surface area (Å²) >= 11 is 0. The summed E-state index contributed by atoms with van der Waals surface area (Å²) in [4.78, 5) is 23.5. The summed E-state index contributed by atoms with van der Waals surface area (Å²) in [7, 11) is 1.30. The van der Waals surface area contributed by atoms with Crippen LogP contribution in [0.1, 0.15) is 25.0 Å². The van der Waals surface area contributed by atoms with Crippen LogP contribution >= 0.6 is 0 Å². The Hall–Kier alpha value is -2.04. The molecule has 1 rings (SSSR count). The van der Waals surface area contributed by atoms with Crippen LogP contribution in [-0.2, 0) is 14.3 Å². The summed E-state index contributed by atoms with van der Waals surface area (Å²) in [5, 5.41) is 2.64. The quantitative estimate of drug-likeness (QED) is 0.815. The van der Waals surface area contributed by atoms with Crippen molar-refractivity contribution in [1.29, 1.82) is 0 Å². The third-order valence-electron chi connectivity index (χ3n) is 3.19. The molecule has 0 saturated heterocycles. The van der Waals surface area contributed by atoms with E-state index in [1.807, 2.05) is 45.9 Å². The molecular weight excluding hydrogens is 270 g/mol. The highest BCUT2D eigenvalue weighted by Crippen LogP contribution is 2.22. The molecule has 0 aliphatic rings. The van der Waals surface area contributed by atoms with Crippen LogP contribution in [0.15, 0.2) is 18.2 Å². The van der Waals surface area contributed by atoms with E-state index in [4.69, 9.17) is 4.74 Å². The number of esters is 1. The molecule has 1 aromatic rings. The number of benzene rings is 1. The van der Waals surface area contributed by atoms with Crippen molar-refractivity contribution >= 4 is 11.9 Å². The van der Waals surface area contributed by atoms with Gasteiger partial charge in [0, 0.05) is 0 Å². The van der Waals surface area contributed by atoms with Gasteiger partial charge in [-0.3, -0.25) is 4.79 Å². The summed E-state index contributed by atoms with van der Waals surface area (Å²) in [5.41, 5.74) is 1.94. The van der Waals surface area contributed by atoms with Crippen molar-refractivity contribution < 1.29 is 19.1 Å². The van der Waals surface area contributed by atoms with Crippen molar-refractivity contribution in [2.75, 3.05) is 13.7 Å². The van der Waals surface area contributed by atoms with E-state index in [2.05, 4.69) is 10.1 Å². The molecule has 5 nitrogen and oxygen atoms in total. The van der Waals surface area contributed by atoms with E-state index in [9.17, 15) is 9.59 Å². The summed E-state index contributed by atoms with van der Waals surface area (Å²) < 4.78 is 10.2. The number of hydrogen-bond donors (Lipinski definition) is 1. The normalized spacial score (nSPS) is 11.9. The van der Waals surface area contributed by atoms with E-state index < -0.39 is 12.0 Å². The first-order chi connectivity index (χ1) is 9.86. The number of para-hydroxylation sites is 1. The molecule has 0 aromatic heterocycles. The first-order valence-corrected chi connectivity index (χ1v) is 6.93. The zero-order chi connectivity index (χ0) is 16.0. The largest absolute Gasteiger partial charge is 0.483 e. The molecule has 0 aliphatic heterocycles. The third-order valence-corrected chi connectivity index (χ3v) is 3.19. The second kappa shape index (κ2) is 7.67. The molecule has 0 bridgehead atoms. The molecule has 116 valence electrons. The monoisotopic (exact) mass is 293 g/mol. The fourth-order valence-electron chi connectivity index (χ4n) is 2.00. The highest BCUT2D eigenvalue weighted by molar-refractivity contribution is 5.85. The summed E-state index contributed by atoms with van der Waals surface area (Å²) in [6.45, 7) is 7.39. The maximum atomic E-state index is 11.9. The van der Waals surface area contributed by atoms with Crippen LogP contribution in [0.4, 0.5) is 0 Å². The van der Waals surface area contributed by atoms with Gasteiger partial charge < -0.3 is 14.8 Å². The van der Waals surface area contributed by atoms with Gasteiger partial charge in [0.05, 0.1) is 7.11 Å². The van der Waals surface area contributed by atoms with Crippen molar-refractivity contribution in [3.05, 3.63) is 29.3 Å². The highest BCUT2D eigenvalue weighted by Gasteiger charge is 2.25. The zero-order valence-corrected chi connectivity index (χ0v) is 13.2. The topological polar surface area (TPSA) is 64.6 Å². The first-order valence-electron chi connectivity index (χ1n) is 6.93. The Morgan fingerprint density at radius 3 is 2.24 bits per heavy atom.